The van der Waals surface area contributed by atoms with Gasteiger partial charge in [0, 0.05) is 12.7 Å². The van der Waals surface area contributed by atoms with Crippen LogP contribution in [0.25, 0.3) is 0 Å². The summed E-state index contributed by atoms with van der Waals surface area (Å²) in [5, 5.41) is 18.7. The van der Waals surface area contributed by atoms with Crippen LogP contribution >= 0.6 is 0 Å². The highest BCUT2D eigenvalue weighted by atomic mass is 16.4. The molecule has 1 aromatic carbocycles. The Hall–Kier alpha value is -2.70. The molecule has 0 aliphatic rings. The molecule has 2 rings (SSSR count). The Kier molecular flexibility index (Phi) is 3.56. The van der Waals surface area contributed by atoms with Crippen molar-refractivity contribution in [2.45, 2.75) is 6.42 Å². The Morgan fingerprint density at radius 1 is 1.32 bits per heavy atom. The lowest BCUT2D eigenvalue weighted by Crippen LogP contribution is -2.12. The lowest BCUT2D eigenvalue weighted by atomic mass is 10.1. The van der Waals surface area contributed by atoms with Gasteiger partial charge < -0.3 is 10.4 Å². The van der Waals surface area contributed by atoms with Crippen molar-refractivity contribution in [2.75, 3.05) is 5.32 Å². The van der Waals surface area contributed by atoms with Gasteiger partial charge in [0.25, 0.3) is 5.91 Å². The summed E-state index contributed by atoms with van der Waals surface area (Å²) in [6.45, 7) is 0. The zero-order valence-corrected chi connectivity index (χ0v) is 10.2. The molecule has 0 bridgehead atoms. The number of aliphatic carboxylic acids is 1. The van der Waals surface area contributed by atoms with Crippen molar-refractivity contribution in [1.82, 2.24) is 15.0 Å². The van der Waals surface area contributed by atoms with E-state index in [4.69, 9.17) is 5.11 Å². The van der Waals surface area contributed by atoms with Crippen LogP contribution in [0.5, 0.6) is 0 Å². The fraction of sp³-hybridized carbons (Fsp3) is 0.167. The molecule has 0 aliphatic carbocycles. The van der Waals surface area contributed by atoms with Crippen molar-refractivity contribution >= 4 is 17.6 Å². The van der Waals surface area contributed by atoms with Crippen LogP contribution in [0.4, 0.5) is 5.69 Å². The van der Waals surface area contributed by atoms with Gasteiger partial charge in [-0.25, -0.2) is 0 Å². The summed E-state index contributed by atoms with van der Waals surface area (Å²) in [6, 6.07) is 6.60. The van der Waals surface area contributed by atoms with Crippen LogP contribution in [0.2, 0.25) is 0 Å². The number of carbonyl (C=O) groups excluding carboxylic acids is 1. The van der Waals surface area contributed by atoms with E-state index in [-0.39, 0.29) is 18.0 Å². The Bertz CT molecular complexity index is 604. The number of hydrogen-bond donors (Lipinski definition) is 2. The van der Waals surface area contributed by atoms with E-state index >= 15 is 0 Å². The molecule has 0 spiro atoms. The van der Waals surface area contributed by atoms with Crippen molar-refractivity contribution in [2.24, 2.45) is 7.05 Å². The lowest BCUT2D eigenvalue weighted by Gasteiger charge is -2.03. The first-order valence-corrected chi connectivity index (χ1v) is 5.53. The Balaban J connectivity index is 2.03. The molecular weight excluding hydrogens is 248 g/mol. The fourth-order valence-corrected chi connectivity index (χ4v) is 1.53. The molecule has 0 unspecified atom stereocenters. The zero-order valence-electron chi connectivity index (χ0n) is 10.2. The van der Waals surface area contributed by atoms with Crippen molar-refractivity contribution in [3.05, 3.63) is 41.7 Å². The van der Waals surface area contributed by atoms with E-state index in [9.17, 15) is 9.59 Å². The van der Waals surface area contributed by atoms with Gasteiger partial charge >= 0.3 is 5.97 Å². The minimum absolute atomic E-state index is 0.0433. The number of rotatable bonds is 4. The van der Waals surface area contributed by atoms with Crippen molar-refractivity contribution < 1.29 is 14.7 Å². The predicted molar refractivity (Wildman–Crippen MR) is 66.7 cm³/mol. The zero-order chi connectivity index (χ0) is 13.8. The number of benzene rings is 1. The number of nitrogens with zero attached hydrogens (tertiary/aromatic N) is 3. The van der Waals surface area contributed by atoms with Crippen LogP contribution in [0.15, 0.2) is 30.5 Å². The maximum absolute atomic E-state index is 11.8. The molecule has 0 aliphatic heterocycles. The van der Waals surface area contributed by atoms with Crippen LogP contribution in [-0.4, -0.2) is 32.0 Å². The van der Waals surface area contributed by atoms with Gasteiger partial charge in [-0.05, 0) is 17.7 Å². The molecule has 1 heterocycles. The maximum atomic E-state index is 11.8. The van der Waals surface area contributed by atoms with Crippen molar-refractivity contribution in [1.29, 1.82) is 0 Å². The Morgan fingerprint density at radius 2 is 2.00 bits per heavy atom. The lowest BCUT2D eigenvalue weighted by molar-refractivity contribution is -0.136. The topological polar surface area (TPSA) is 97.1 Å². The SMILES string of the molecule is Cn1cc(C(=O)Nc2ccc(CC(=O)O)cc2)nn1. The van der Waals surface area contributed by atoms with Gasteiger partial charge in [-0.15, -0.1) is 5.10 Å². The molecule has 1 amide bonds. The molecule has 0 radical (unpaired) electrons. The number of aromatic nitrogens is 3. The number of carboxylic acids is 1. The molecule has 2 aromatic rings. The number of anilines is 1. The second-order valence-electron chi connectivity index (χ2n) is 4.00. The molecule has 19 heavy (non-hydrogen) atoms. The smallest absolute Gasteiger partial charge is 0.307 e. The average Bonchev–Trinajstić information content (AvgIpc) is 2.78. The second kappa shape index (κ2) is 5.30. The van der Waals surface area contributed by atoms with Crippen LogP contribution in [0, 0.1) is 0 Å². The van der Waals surface area contributed by atoms with Crippen molar-refractivity contribution in [3.63, 3.8) is 0 Å². The third-order valence-corrected chi connectivity index (χ3v) is 2.40. The third kappa shape index (κ3) is 3.38. The van der Waals surface area contributed by atoms with Gasteiger partial charge in [0.05, 0.1) is 12.6 Å². The number of amides is 1. The van der Waals surface area contributed by atoms with Gasteiger partial charge in [0.1, 0.15) is 0 Å². The Morgan fingerprint density at radius 3 is 2.53 bits per heavy atom. The van der Waals surface area contributed by atoms with Crippen LogP contribution in [0.1, 0.15) is 16.1 Å². The molecule has 0 atom stereocenters. The van der Waals surface area contributed by atoms with Gasteiger partial charge in [0.2, 0.25) is 0 Å². The molecule has 0 saturated heterocycles. The minimum atomic E-state index is -0.892. The molecule has 0 fully saturated rings. The number of nitrogens with one attached hydrogen (secondary N) is 1. The standard InChI is InChI=1S/C12H12N4O3/c1-16-7-10(14-15-16)12(19)13-9-4-2-8(3-5-9)6-11(17)18/h2-5,7H,6H2,1H3,(H,13,19)(H,17,18). The minimum Gasteiger partial charge on any atom is -0.481 e. The highest BCUT2D eigenvalue weighted by molar-refractivity contribution is 6.02. The normalized spacial score (nSPS) is 10.2. The molecule has 98 valence electrons. The molecule has 7 nitrogen and oxygen atoms in total. The quantitative estimate of drug-likeness (QED) is 0.843. The van der Waals surface area contributed by atoms with Gasteiger partial charge in [0.15, 0.2) is 5.69 Å². The average molecular weight is 260 g/mol. The summed E-state index contributed by atoms with van der Waals surface area (Å²) in [4.78, 5) is 22.3. The second-order valence-corrected chi connectivity index (χ2v) is 4.00. The number of hydrogen-bond acceptors (Lipinski definition) is 4. The molecular formula is C12H12N4O3. The summed E-state index contributed by atoms with van der Waals surface area (Å²) < 4.78 is 1.44. The van der Waals surface area contributed by atoms with E-state index in [1.165, 1.54) is 10.9 Å². The van der Waals surface area contributed by atoms with E-state index in [1.807, 2.05) is 0 Å². The van der Waals surface area contributed by atoms with E-state index in [2.05, 4.69) is 15.6 Å². The predicted octanol–water partition coefficient (Wildman–Crippen LogP) is 0.694. The van der Waals surface area contributed by atoms with E-state index in [1.54, 1.807) is 31.3 Å². The number of carboxylic acid groups (broad SMARTS) is 1. The maximum Gasteiger partial charge on any atom is 0.307 e. The number of aryl methyl sites for hydroxylation is 1. The molecule has 1 aromatic heterocycles. The monoisotopic (exact) mass is 260 g/mol. The highest BCUT2D eigenvalue weighted by Crippen LogP contribution is 2.11. The molecule has 2 N–H and O–H groups in total. The molecule has 0 saturated carbocycles. The van der Waals surface area contributed by atoms with Crippen LogP contribution in [0.3, 0.4) is 0 Å². The van der Waals surface area contributed by atoms with Gasteiger partial charge in [-0.3, -0.25) is 14.3 Å². The summed E-state index contributed by atoms with van der Waals surface area (Å²) >= 11 is 0. The third-order valence-electron chi connectivity index (χ3n) is 2.40. The first-order valence-electron chi connectivity index (χ1n) is 5.53. The van der Waals surface area contributed by atoms with Crippen LogP contribution < -0.4 is 5.32 Å². The van der Waals surface area contributed by atoms with Crippen molar-refractivity contribution in [3.8, 4) is 0 Å². The van der Waals surface area contributed by atoms with Crippen LogP contribution in [-0.2, 0) is 18.3 Å². The Labute approximate surface area is 108 Å². The molecule has 7 heteroatoms. The van der Waals surface area contributed by atoms with Gasteiger partial charge in [-0.1, -0.05) is 17.3 Å². The summed E-state index contributed by atoms with van der Waals surface area (Å²) in [5.41, 5.74) is 1.46. The summed E-state index contributed by atoms with van der Waals surface area (Å²) in [6.07, 6.45) is 1.46. The fourth-order valence-electron chi connectivity index (χ4n) is 1.53. The van der Waals surface area contributed by atoms with E-state index in [0.717, 1.165) is 0 Å². The first-order chi connectivity index (χ1) is 9.04. The number of carbonyl (C=O) groups is 2. The highest BCUT2D eigenvalue weighted by Gasteiger charge is 2.10. The largest absolute Gasteiger partial charge is 0.481 e. The van der Waals surface area contributed by atoms with Gasteiger partial charge in [-0.2, -0.15) is 0 Å². The first kappa shape index (κ1) is 12.7. The summed E-state index contributed by atoms with van der Waals surface area (Å²) in [5.74, 6) is -1.25. The van der Waals surface area contributed by atoms with E-state index < -0.39 is 5.97 Å². The summed E-state index contributed by atoms with van der Waals surface area (Å²) in [7, 11) is 1.67. The van der Waals surface area contributed by atoms with E-state index in [0.29, 0.717) is 11.3 Å².